The van der Waals surface area contributed by atoms with Crippen molar-refractivity contribution in [3.63, 3.8) is 0 Å². The van der Waals surface area contributed by atoms with Crippen LogP contribution in [0.3, 0.4) is 0 Å². The predicted octanol–water partition coefficient (Wildman–Crippen LogP) is 0.462. The number of sulfonamides is 1. The Kier molecular flexibility index (Phi) is 7.98. The van der Waals surface area contributed by atoms with Crippen molar-refractivity contribution >= 4 is 27.6 Å². The van der Waals surface area contributed by atoms with Crippen molar-refractivity contribution in [1.29, 1.82) is 0 Å². The number of Topliss-reactive ketones (excluding diaryl/α,β-unsaturated/α-hetero) is 1. The van der Waals surface area contributed by atoms with Crippen LogP contribution in [0.1, 0.15) is 38.1 Å². The molecule has 11 heteroatoms. The molecule has 178 valence electrons. The number of nitrogens with zero attached hydrogens (tertiary/aromatic N) is 1. The molecule has 1 aromatic heterocycles. The van der Waals surface area contributed by atoms with Gasteiger partial charge in [-0.25, -0.2) is 8.42 Å². The van der Waals surface area contributed by atoms with Gasteiger partial charge in [0.05, 0.1) is 16.6 Å². The Morgan fingerprint density at radius 1 is 1.15 bits per heavy atom. The van der Waals surface area contributed by atoms with Gasteiger partial charge in [0.2, 0.25) is 21.7 Å². The number of rotatable bonds is 6. The molecule has 2 unspecified atom stereocenters. The fourth-order valence-corrected chi connectivity index (χ4v) is 4.91. The Hall–Kier alpha value is -3.05. The monoisotopic (exact) mass is 475 g/mol. The highest BCUT2D eigenvalue weighted by Crippen LogP contribution is 2.13. The molecular weight excluding hydrogens is 446 g/mol. The molecule has 4 N–H and O–H groups in total. The van der Waals surface area contributed by atoms with Crippen molar-refractivity contribution in [2.24, 2.45) is 5.92 Å². The first-order valence-corrected chi connectivity index (χ1v) is 12.4. The molecule has 2 atom stereocenters. The first-order chi connectivity index (χ1) is 15.7. The van der Waals surface area contributed by atoms with E-state index in [1.165, 1.54) is 12.1 Å². The minimum absolute atomic E-state index is 0.0271. The van der Waals surface area contributed by atoms with Gasteiger partial charge in [-0.3, -0.25) is 19.5 Å². The minimum atomic E-state index is -3.96. The van der Waals surface area contributed by atoms with E-state index in [9.17, 15) is 22.8 Å². The highest BCUT2D eigenvalue weighted by atomic mass is 32.2. The first-order valence-electron chi connectivity index (χ1n) is 10.9. The number of carbonyl (C=O) groups excluding carboxylic acids is 3. The van der Waals surface area contributed by atoms with E-state index in [2.05, 4.69) is 25.6 Å². The van der Waals surface area contributed by atoms with Gasteiger partial charge in [-0.2, -0.15) is 9.82 Å². The molecule has 2 aromatic rings. The molecule has 2 amide bonds. The second kappa shape index (κ2) is 10.7. The van der Waals surface area contributed by atoms with Crippen LogP contribution in [0.5, 0.6) is 0 Å². The van der Waals surface area contributed by atoms with E-state index in [0.29, 0.717) is 25.8 Å². The maximum atomic E-state index is 13.1. The Morgan fingerprint density at radius 2 is 1.88 bits per heavy atom. The number of amides is 2. The molecule has 0 saturated heterocycles. The average molecular weight is 476 g/mol. The lowest BCUT2D eigenvalue weighted by Gasteiger charge is -2.25. The summed E-state index contributed by atoms with van der Waals surface area (Å²) in [6.45, 7) is 3.70. The van der Waals surface area contributed by atoms with Crippen LogP contribution in [-0.4, -0.2) is 54.8 Å². The molecule has 0 fully saturated rings. The highest BCUT2D eigenvalue weighted by molar-refractivity contribution is 7.89. The number of aromatic amines is 1. The third-order valence-electron chi connectivity index (χ3n) is 5.42. The topological polar surface area (TPSA) is 150 Å². The summed E-state index contributed by atoms with van der Waals surface area (Å²) in [7, 11) is -3.96. The Labute approximate surface area is 193 Å². The van der Waals surface area contributed by atoms with Gasteiger partial charge in [-0.05, 0) is 49.8 Å². The van der Waals surface area contributed by atoms with Crippen molar-refractivity contribution in [3.05, 3.63) is 47.8 Å². The molecule has 0 radical (unpaired) electrons. The second-order valence-corrected chi connectivity index (χ2v) is 10.1. The maximum absolute atomic E-state index is 13.1. The number of carbonyl (C=O) groups is 3. The molecule has 1 aliphatic rings. The molecule has 1 aromatic carbocycles. The van der Waals surface area contributed by atoms with Crippen LogP contribution in [0, 0.1) is 5.92 Å². The van der Waals surface area contributed by atoms with Crippen LogP contribution in [0.25, 0.3) is 0 Å². The van der Waals surface area contributed by atoms with Crippen molar-refractivity contribution in [3.8, 4) is 0 Å². The molecule has 33 heavy (non-hydrogen) atoms. The van der Waals surface area contributed by atoms with Crippen LogP contribution in [0.4, 0.5) is 0 Å². The smallest absolute Gasteiger partial charge is 0.289 e. The van der Waals surface area contributed by atoms with Crippen molar-refractivity contribution in [2.75, 3.05) is 6.54 Å². The summed E-state index contributed by atoms with van der Waals surface area (Å²) in [5, 5.41) is 12.3. The van der Waals surface area contributed by atoms with Gasteiger partial charge in [-0.15, -0.1) is 0 Å². The van der Waals surface area contributed by atoms with Crippen molar-refractivity contribution in [1.82, 2.24) is 25.6 Å². The van der Waals surface area contributed by atoms with Crippen molar-refractivity contribution < 1.29 is 22.8 Å². The molecular formula is C22H29N5O5S. The van der Waals surface area contributed by atoms with E-state index in [1.807, 2.05) is 6.07 Å². The molecule has 2 bridgehead atoms. The Morgan fingerprint density at radius 3 is 2.58 bits per heavy atom. The lowest BCUT2D eigenvalue weighted by atomic mass is 10.0. The number of benzene rings is 1. The molecule has 0 aliphatic carbocycles. The lowest BCUT2D eigenvalue weighted by molar-refractivity contribution is -0.140. The highest BCUT2D eigenvalue weighted by Gasteiger charge is 2.33. The lowest BCUT2D eigenvalue weighted by Crippen LogP contribution is -2.55. The van der Waals surface area contributed by atoms with Crippen LogP contribution >= 0.6 is 0 Å². The van der Waals surface area contributed by atoms with Crippen LogP contribution in [0.15, 0.2) is 41.3 Å². The minimum Gasteiger partial charge on any atom is -0.349 e. The van der Waals surface area contributed by atoms with E-state index >= 15 is 0 Å². The van der Waals surface area contributed by atoms with Crippen LogP contribution in [-0.2, 0) is 37.2 Å². The number of hydrogen-bond donors (Lipinski definition) is 4. The molecule has 0 saturated carbocycles. The normalized spacial score (nSPS) is 18.7. The molecule has 2 heterocycles. The number of aromatic nitrogens is 2. The number of H-pyrrole nitrogens is 1. The number of nitrogens with one attached hydrogen (secondary N) is 4. The quantitative estimate of drug-likeness (QED) is 0.446. The van der Waals surface area contributed by atoms with E-state index in [0.717, 1.165) is 11.4 Å². The summed E-state index contributed by atoms with van der Waals surface area (Å²) in [6, 6.07) is 7.37. The predicted molar refractivity (Wildman–Crippen MR) is 121 cm³/mol. The summed E-state index contributed by atoms with van der Waals surface area (Å²) >= 11 is 0. The van der Waals surface area contributed by atoms with Crippen LogP contribution in [0.2, 0.25) is 0 Å². The van der Waals surface area contributed by atoms with E-state index < -0.39 is 45.6 Å². The average Bonchev–Trinajstić information content (AvgIpc) is 3.24. The zero-order valence-corrected chi connectivity index (χ0v) is 19.4. The Bertz CT molecular complexity index is 1100. The summed E-state index contributed by atoms with van der Waals surface area (Å²) in [6.07, 6.45) is 1.84. The summed E-state index contributed by atoms with van der Waals surface area (Å²) < 4.78 is 27.9. The van der Waals surface area contributed by atoms with Gasteiger partial charge in [-0.1, -0.05) is 32.0 Å². The third-order valence-corrected chi connectivity index (χ3v) is 6.88. The fourth-order valence-electron chi connectivity index (χ4n) is 3.54. The van der Waals surface area contributed by atoms with E-state index in [-0.39, 0.29) is 11.3 Å². The fraction of sp³-hybridized carbons (Fsp3) is 0.455. The first kappa shape index (κ1) is 24.6. The van der Waals surface area contributed by atoms with Gasteiger partial charge in [0.25, 0.3) is 5.91 Å². The third kappa shape index (κ3) is 6.48. The molecule has 0 spiro atoms. The molecule has 10 nitrogen and oxygen atoms in total. The summed E-state index contributed by atoms with van der Waals surface area (Å²) in [4.78, 5) is 38.2. The van der Waals surface area contributed by atoms with Gasteiger partial charge < -0.3 is 10.6 Å². The summed E-state index contributed by atoms with van der Waals surface area (Å²) in [5.74, 6) is -2.63. The summed E-state index contributed by atoms with van der Waals surface area (Å²) in [5.41, 5.74) is 1.66. The number of hydrogen-bond acceptors (Lipinski definition) is 6. The zero-order valence-electron chi connectivity index (χ0n) is 18.6. The van der Waals surface area contributed by atoms with E-state index in [1.54, 1.807) is 32.0 Å². The molecule has 1 aliphatic heterocycles. The second-order valence-electron chi connectivity index (χ2n) is 8.36. The number of fused-ring (bicyclic) bond motifs is 2. The maximum Gasteiger partial charge on any atom is 0.289 e. The number of aryl methyl sites for hydroxylation is 2. The van der Waals surface area contributed by atoms with Gasteiger partial charge in [0, 0.05) is 12.2 Å². The van der Waals surface area contributed by atoms with Gasteiger partial charge in [0.1, 0.15) is 6.04 Å². The van der Waals surface area contributed by atoms with Crippen LogP contribution < -0.4 is 15.4 Å². The SMILES string of the molecule is CC(C)C(NS(=O)(=O)c1ccccc1)C(=O)NC1CCc2cc([nH]n2)CCCNC(=O)C1=O. The standard InChI is InChI=1S/C22H29N5O5S/c1-14(2)19(27-33(31,32)17-8-4-3-5-9-17)21(29)24-18-11-10-16-13-15(25-26-16)7-6-12-23-22(30)20(18)28/h3-5,8-9,13-14,18-19,27H,6-7,10-12H2,1-2H3,(H,23,30)(H,24,29)(H,25,26). The van der Waals surface area contributed by atoms with Gasteiger partial charge >= 0.3 is 0 Å². The zero-order chi connectivity index (χ0) is 24.0. The Balaban J connectivity index is 1.78. The number of ketones is 1. The van der Waals surface area contributed by atoms with Gasteiger partial charge in [0.15, 0.2) is 0 Å². The largest absolute Gasteiger partial charge is 0.349 e. The van der Waals surface area contributed by atoms with Crippen molar-refractivity contribution in [2.45, 2.75) is 56.5 Å². The van der Waals surface area contributed by atoms with E-state index in [4.69, 9.17) is 0 Å². The molecule has 3 rings (SSSR count).